The van der Waals surface area contributed by atoms with Crippen molar-refractivity contribution in [3.8, 4) is 0 Å². The molecule has 3 nitrogen and oxygen atoms in total. The van der Waals surface area contributed by atoms with Gasteiger partial charge in [0.2, 0.25) is 0 Å². The van der Waals surface area contributed by atoms with Gasteiger partial charge in [0, 0.05) is 38.4 Å². The standard InChI is InChI=1S/C16H22ClN3/c17-14-2-1-5-18-16(14)20-8-6-19(7-9-20)15-11-12-3-4-13(15)10-12/h1-2,5,12-13,15H,3-4,6-11H2/t12-,13-,15-/m0/s1. The molecule has 1 aromatic heterocycles. The quantitative estimate of drug-likeness (QED) is 0.835. The van der Waals surface area contributed by atoms with Crippen LogP contribution in [0.1, 0.15) is 25.7 Å². The van der Waals surface area contributed by atoms with Crippen LogP contribution in [0, 0.1) is 11.8 Å². The first-order valence-electron chi connectivity index (χ1n) is 7.91. The Hall–Kier alpha value is -0.800. The second kappa shape index (κ2) is 5.19. The fraction of sp³-hybridized carbons (Fsp3) is 0.688. The van der Waals surface area contributed by atoms with Crippen molar-refractivity contribution in [2.24, 2.45) is 11.8 Å². The normalized spacial score (nSPS) is 33.9. The molecule has 2 aliphatic carbocycles. The van der Waals surface area contributed by atoms with E-state index in [2.05, 4.69) is 14.8 Å². The number of anilines is 1. The Morgan fingerprint density at radius 1 is 1.10 bits per heavy atom. The number of pyridine rings is 1. The molecule has 1 aliphatic heterocycles. The third-order valence-corrected chi connectivity index (χ3v) is 5.82. The predicted molar refractivity (Wildman–Crippen MR) is 82.3 cm³/mol. The molecule has 0 unspecified atom stereocenters. The molecule has 4 rings (SSSR count). The molecular weight excluding hydrogens is 270 g/mol. The molecule has 1 aromatic rings. The van der Waals surface area contributed by atoms with Crippen LogP contribution in [0.2, 0.25) is 5.02 Å². The molecule has 2 saturated carbocycles. The van der Waals surface area contributed by atoms with E-state index >= 15 is 0 Å². The van der Waals surface area contributed by atoms with Gasteiger partial charge in [0.15, 0.2) is 0 Å². The third kappa shape index (κ3) is 2.21. The van der Waals surface area contributed by atoms with Crippen molar-refractivity contribution in [1.82, 2.24) is 9.88 Å². The Balaban J connectivity index is 1.40. The van der Waals surface area contributed by atoms with Crippen LogP contribution in [0.3, 0.4) is 0 Å². The molecule has 4 heteroatoms. The van der Waals surface area contributed by atoms with Crippen LogP contribution < -0.4 is 4.90 Å². The summed E-state index contributed by atoms with van der Waals surface area (Å²) in [6, 6.07) is 4.71. The SMILES string of the molecule is Clc1cccnc1N1CCN([C@H]2C[C@H]3CC[C@H]2C3)CC1. The summed E-state index contributed by atoms with van der Waals surface area (Å²) in [7, 11) is 0. The van der Waals surface area contributed by atoms with Crippen LogP contribution in [-0.2, 0) is 0 Å². The first kappa shape index (κ1) is 12.9. The monoisotopic (exact) mass is 291 g/mol. The minimum absolute atomic E-state index is 0.779. The van der Waals surface area contributed by atoms with Crippen LogP contribution in [0.25, 0.3) is 0 Å². The van der Waals surface area contributed by atoms with Gasteiger partial charge in [-0.15, -0.1) is 0 Å². The first-order chi connectivity index (χ1) is 9.81. The number of aromatic nitrogens is 1. The maximum atomic E-state index is 6.25. The molecule has 0 N–H and O–H groups in total. The van der Waals surface area contributed by atoms with E-state index in [1.807, 2.05) is 18.3 Å². The van der Waals surface area contributed by atoms with E-state index in [9.17, 15) is 0 Å². The number of halogens is 1. The fourth-order valence-electron chi connectivity index (χ4n) is 4.53. The fourth-order valence-corrected chi connectivity index (χ4v) is 4.77. The number of fused-ring (bicyclic) bond motifs is 2. The molecule has 20 heavy (non-hydrogen) atoms. The van der Waals surface area contributed by atoms with E-state index in [1.165, 1.54) is 38.8 Å². The maximum absolute atomic E-state index is 6.25. The van der Waals surface area contributed by atoms with Gasteiger partial charge in [-0.1, -0.05) is 18.0 Å². The van der Waals surface area contributed by atoms with Crippen molar-refractivity contribution in [3.05, 3.63) is 23.4 Å². The first-order valence-corrected chi connectivity index (χ1v) is 8.28. The third-order valence-electron chi connectivity index (χ3n) is 5.52. The minimum atomic E-state index is 0.779. The van der Waals surface area contributed by atoms with E-state index < -0.39 is 0 Å². The summed E-state index contributed by atoms with van der Waals surface area (Å²) in [5.74, 6) is 2.99. The van der Waals surface area contributed by atoms with Gasteiger partial charge in [0.1, 0.15) is 5.82 Å². The lowest BCUT2D eigenvalue weighted by atomic mass is 9.93. The number of nitrogens with zero attached hydrogens (tertiary/aromatic N) is 3. The molecule has 108 valence electrons. The van der Waals surface area contributed by atoms with Crippen LogP contribution in [-0.4, -0.2) is 42.1 Å². The highest BCUT2D eigenvalue weighted by Crippen LogP contribution is 2.46. The zero-order valence-electron chi connectivity index (χ0n) is 11.8. The molecule has 1 saturated heterocycles. The van der Waals surface area contributed by atoms with Crippen molar-refractivity contribution in [1.29, 1.82) is 0 Å². The Bertz CT molecular complexity index is 484. The Kier molecular flexibility index (Phi) is 3.35. The van der Waals surface area contributed by atoms with Crippen molar-refractivity contribution < 1.29 is 0 Å². The van der Waals surface area contributed by atoms with Gasteiger partial charge in [-0.25, -0.2) is 4.98 Å². The van der Waals surface area contributed by atoms with Gasteiger partial charge in [-0.2, -0.15) is 0 Å². The molecule has 2 bridgehead atoms. The summed E-state index contributed by atoms with van der Waals surface area (Å²) in [5, 5.41) is 0.779. The Labute approximate surface area is 125 Å². The number of hydrogen-bond acceptors (Lipinski definition) is 3. The molecule has 0 spiro atoms. The second-order valence-corrected chi connectivity index (χ2v) is 6.98. The number of piperazine rings is 1. The van der Waals surface area contributed by atoms with E-state index in [-0.39, 0.29) is 0 Å². The van der Waals surface area contributed by atoms with Crippen LogP contribution in [0.15, 0.2) is 18.3 Å². The van der Waals surface area contributed by atoms with Gasteiger partial charge in [-0.3, -0.25) is 4.90 Å². The Morgan fingerprint density at radius 2 is 1.95 bits per heavy atom. The van der Waals surface area contributed by atoms with Gasteiger partial charge in [-0.05, 0) is 43.2 Å². The Morgan fingerprint density at radius 3 is 2.60 bits per heavy atom. The summed E-state index contributed by atoms with van der Waals surface area (Å²) in [6.45, 7) is 4.46. The lowest BCUT2D eigenvalue weighted by Crippen LogP contribution is -2.52. The van der Waals surface area contributed by atoms with Gasteiger partial charge in [0.05, 0.1) is 5.02 Å². The molecular formula is C16H22ClN3. The molecule has 3 aliphatic rings. The van der Waals surface area contributed by atoms with Crippen molar-refractivity contribution >= 4 is 17.4 Å². The smallest absolute Gasteiger partial charge is 0.147 e. The molecule has 0 radical (unpaired) electrons. The van der Waals surface area contributed by atoms with E-state index in [0.717, 1.165) is 41.8 Å². The summed E-state index contributed by atoms with van der Waals surface area (Å²) >= 11 is 6.25. The zero-order chi connectivity index (χ0) is 13.5. The highest BCUT2D eigenvalue weighted by atomic mass is 35.5. The molecule has 3 atom stereocenters. The van der Waals surface area contributed by atoms with E-state index in [0.29, 0.717) is 0 Å². The van der Waals surface area contributed by atoms with Crippen LogP contribution in [0.4, 0.5) is 5.82 Å². The van der Waals surface area contributed by atoms with Crippen molar-refractivity contribution in [2.75, 3.05) is 31.1 Å². The summed E-state index contributed by atoms with van der Waals surface area (Å²) in [6.07, 6.45) is 7.75. The predicted octanol–water partition coefficient (Wildman–Crippen LogP) is 3.05. The zero-order valence-corrected chi connectivity index (χ0v) is 12.6. The van der Waals surface area contributed by atoms with Crippen LogP contribution in [0.5, 0.6) is 0 Å². The molecule has 3 fully saturated rings. The van der Waals surface area contributed by atoms with Gasteiger partial charge in [0.25, 0.3) is 0 Å². The van der Waals surface area contributed by atoms with Gasteiger partial charge >= 0.3 is 0 Å². The lowest BCUT2D eigenvalue weighted by molar-refractivity contribution is 0.134. The summed E-state index contributed by atoms with van der Waals surface area (Å²) in [5.41, 5.74) is 0. The van der Waals surface area contributed by atoms with Crippen molar-refractivity contribution in [3.63, 3.8) is 0 Å². The van der Waals surface area contributed by atoms with E-state index in [1.54, 1.807) is 0 Å². The second-order valence-electron chi connectivity index (χ2n) is 6.57. The summed E-state index contributed by atoms with van der Waals surface area (Å²) in [4.78, 5) is 9.51. The average Bonchev–Trinajstić information content (AvgIpc) is 3.11. The topological polar surface area (TPSA) is 19.4 Å². The van der Waals surface area contributed by atoms with Crippen molar-refractivity contribution in [2.45, 2.75) is 31.7 Å². The molecule has 2 heterocycles. The number of rotatable bonds is 2. The highest BCUT2D eigenvalue weighted by Gasteiger charge is 2.42. The largest absolute Gasteiger partial charge is 0.353 e. The maximum Gasteiger partial charge on any atom is 0.147 e. The number of hydrogen-bond donors (Lipinski definition) is 0. The average molecular weight is 292 g/mol. The van der Waals surface area contributed by atoms with E-state index in [4.69, 9.17) is 11.6 Å². The van der Waals surface area contributed by atoms with Gasteiger partial charge < -0.3 is 4.90 Å². The van der Waals surface area contributed by atoms with Crippen LogP contribution >= 0.6 is 11.6 Å². The lowest BCUT2D eigenvalue weighted by Gasteiger charge is -2.41. The highest BCUT2D eigenvalue weighted by molar-refractivity contribution is 6.32. The summed E-state index contributed by atoms with van der Waals surface area (Å²) < 4.78 is 0. The minimum Gasteiger partial charge on any atom is -0.353 e. The molecule has 0 aromatic carbocycles. The molecule has 0 amide bonds.